The van der Waals surface area contributed by atoms with Crippen molar-refractivity contribution < 1.29 is 14.6 Å². The first-order valence-electron chi connectivity index (χ1n) is 5.90. The maximum atomic E-state index is 11.3. The number of carboxylic acids is 1. The Kier molecular flexibility index (Phi) is 3.67. The van der Waals surface area contributed by atoms with Crippen LogP contribution in [0.5, 0.6) is 5.75 Å². The van der Waals surface area contributed by atoms with E-state index in [0.717, 1.165) is 23.4 Å². The lowest BCUT2D eigenvalue weighted by molar-refractivity contribution is -0.132. The van der Waals surface area contributed by atoms with Gasteiger partial charge in [-0.2, -0.15) is 0 Å². The first-order chi connectivity index (χ1) is 8.61. The van der Waals surface area contributed by atoms with E-state index in [1.165, 1.54) is 0 Å². The molecule has 18 heavy (non-hydrogen) atoms. The molecule has 1 aliphatic heterocycles. The van der Waals surface area contributed by atoms with E-state index >= 15 is 0 Å². The maximum absolute atomic E-state index is 11.3. The van der Waals surface area contributed by atoms with Crippen molar-refractivity contribution in [3.63, 3.8) is 0 Å². The number of likely N-dealkylation sites (N-methyl/N-ethyl adjacent to an activating group) is 1. The third-order valence-corrected chi connectivity index (χ3v) is 3.23. The molecule has 1 heterocycles. The predicted molar refractivity (Wildman–Crippen MR) is 69.7 cm³/mol. The highest BCUT2D eigenvalue weighted by atomic mass is 16.5. The Balaban J connectivity index is 2.40. The van der Waals surface area contributed by atoms with E-state index < -0.39 is 5.97 Å². The summed E-state index contributed by atoms with van der Waals surface area (Å²) < 4.78 is 5.11. The Morgan fingerprint density at radius 3 is 2.56 bits per heavy atom. The van der Waals surface area contributed by atoms with Gasteiger partial charge < -0.3 is 14.7 Å². The van der Waals surface area contributed by atoms with E-state index in [1.807, 2.05) is 31.3 Å². The zero-order valence-corrected chi connectivity index (χ0v) is 10.6. The second-order valence-corrected chi connectivity index (χ2v) is 4.48. The second kappa shape index (κ2) is 5.23. The highest BCUT2D eigenvalue weighted by Gasteiger charge is 2.22. The van der Waals surface area contributed by atoms with E-state index in [0.29, 0.717) is 18.5 Å². The number of carboxylic acid groups (broad SMARTS) is 1. The number of ether oxygens (including phenoxy) is 1. The molecule has 0 bridgehead atoms. The van der Waals surface area contributed by atoms with Gasteiger partial charge in [0.1, 0.15) is 5.75 Å². The highest BCUT2D eigenvalue weighted by Crippen LogP contribution is 2.27. The number of hydrogen-bond acceptors (Lipinski definition) is 3. The lowest BCUT2D eigenvalue weighted by Crippen LogP contribution is -2.29. The molecule has 0 unspecified atom stereocenters. The number of aliphatic carboxylic acids is 1. The summed E-state index contributed by atoms with van der Waals surface area (Å²) in [6.07, 6.45) is 0.590. The van der Waals surface area contributed by atoms with Gasteiger partial charge in [-0.1, -0.05) is 12.1 Å². The van der Waals surface area contributed by atoms with Gasteiger partial charge in [-0.3, -0.25) is 0 Å². The fraction of sp³-hybridized carbons (Fsp3) is 0.357. The van der Waals surface area contributed by atoms with Crippen LogP contribution < -0.4 is 4.74 Å². The quantitative estimate of drug-likeness (QED) is 0.886. The molecule has 0 amide bonds. The van der Waals surface area contributed by atoms with Crippen molar-refractivity contribution in [3.05, 3.63) is 35.4 Å². The van der Waals surface area contributed by atoms with E-state index in [2.05, 4.69) is 4.90 Å². The molecule has 4 heteroatoms. The zero-order valence-electron chi connectivity index (χ0n) is 10.6. The van der Waals surface area contributed by atoms with Crippen molar-refractivity contribution >= 4 is 11.5 Å². The van der Waals surface area contributed by atoms with Crippen LogP contribution in [0.4, 0.5) is 0 Å². The van der Waals surface area contributed by atoms with Crippen molar-refractivity contribution in [2.75, 3.05) is 27.2 Å². The van der Waals surface area contributed by atoms with Crippen LogP contribution in [0.1, 0.15) is 12.0 Å². The second-order valence-electron chi connectivity index (χ2n) is 4.48. The molecule has 0 aromatic heterocycles. The summed E-state index contributed by atoms with van der Waals surface area (Å²) in [6, 6.07) is 7.54. The van der Waals surface area contributed by atoms with Crippen LogP contribution in [-0.2, 0) is 4.79 Å². The minimum atomic E-state index is -0.811. The largest absolute Gasteiger partial charge is 0.497 e. The van der Waals surface area contributed by atoms with Crippen LogP contribution >= 0.6 is 0 Å². The molecule has 4 nitrogen and oxygen atoms in total. The summed E-state index contributed by atoms with van der Waals surface area (Å²) in [4.78, 5) is 13.4. The SMILES string of the molecule is COc1ccc(C2=C(C(=O)O)CCN(C)C2)cc1. The highest BCUT2D eigenvalue weighted by molar-refractivity contribution is 5.97. The minimum Gasteiger partial charge on any atom is -0.497 e. The standard InChI is InChI=1S/C14H17NO3/c1-15-8-7-12(14(16)17)13(9-15)10-3-5-11(18-2)6-4-10/h3-6H,7-9H2,1-2H3,(H,16,17). The molecule has 0 aliphatic carbocycles. The Hall–Kier alpha value is -1.81. The van der Waals surface area contributed by atoms with Crippen LogP contribution in [0.2, 0.25) is 0 Å². The zero-order chi connectivity index (χ0) is 13.1. The van der Waals surface area contributed by atoms with Gasteiger partial charge in [-0.15, -0.1) is 0 Å². The Bertz CT molecular complexity index is 476. The molecular formula is C14H17NO3. The normalized spacial score (nSPS) is 16.8. The van der Waals surface area contributed by atoms with Gasteiger partial charge in [-0.05, 0) is 36.7 Å². The summed E-state index contributed by atoms with van der Waals surface area (Å²) in [6.45, 7) is 1.47. The average molecular weight is 247 g/mol. The lowest BCUT2D eigenvalue weighted by Gasteiger charge is -2.26. The van der Waals surface area contributed by atoms with Gasteiger partial charge >= 0.3 is 5.97 Å². The maximum Gasteiger partial charge on any atom is 0.331 e. The van der Waals surface area contributed by atoms with Gasteiger partial charge in [0, 0.05) is 18.7 Å². The van der Waals surface area contributed by atoms with Crippen molar-refractivity contribution in [2.24, 2.45) is 0 Å². The number of rotatable bonds is 3. The number of nitrogens with zero attached hydrogens (tertiary/aromatic N) is 1. The minimum absolute atomic E-state index is 0.526. The van der Waals surface area contributed by atoms with Crippen LogP contribution in [0.15, 0.2) is 29.8 Å². The van der Waals surface area contributed by atoms with Gasteiger partial charge in [0.2, 0.25) is 0 Å². The van der Waals surface area contributed by atoms with E-state index in [-0.39, 0.29) is 0 Å². The first-order valence-corrected chi connectivity index (χ1v) is 5.90. The summed E-state index contributed by atoms with van der Waals surface area (Å²) in [5, 5.41) is 9.26. The third-order valence-electron chi connectivity index (χ3n) is 3.23. The number of carbonyl (C=O) groups is 1. The summed E-state index contributed by atoms with van der Waals surface area (Å²) in [5.41, 5.74) is 2.39. The van der Waals surface area contributed by atoms with E-state index in [4.69, 9.17) is 4.74 Å². The topological polar surface area (TPSA) is 49.8 Å². The molecule has 2 rings (SSSR count). The molecular weight excluding hydrogens is 230 g/mol. The molecule has 0 saturated heterocycles. The summed E-state index contributed by atoms with van der Waals surface area (Å²) in [5.74, 6) is -0.0330. The van der Waals surface area contributed by atoms with Crippen molar-refractivity contribution in [3.8, 4) is 5.75 Å². The first kappa shape index (κ1) is 12.6. The van der Waals surface area contributed by atoms with Gasteiger partial charge in [0.15, 0.2) is 0 Å². The Morgan fingerprint density at radius 1 is 1.33 bits per heavy atom. The van der Waals surface area contributed by atoms with E-state index in [9.17, 15) is 9.90 Å². The Morgan fingerprint density at radius 2 is 2.00 bits per heavy atom. The number of methoxy groups -OCH3 is 1. The molecule has 1 aromatic rings. The fourth-order valence-corrected chi connectivity index (χ4v) is 2.19. The average Bonchev–Trinajstić information content (AvgIpc) is 2.38. The van der Waals surface area contributed by atoms with Gasteiger partial charge in [0.05, 0.1) is 7.11 Å². The molecule has 0 saturated carbocycles. The lowest BCUT2D eigenvalue weighted by atomic mass is 9.94. The number of hydrogen-bond donors (Lipinski definition) is 1. The predicted octanol–water partition coefficient (Wildman–Crippen LogP) is 1.87. The van der Waals surface area contributed by atoms with Crippen molar-refractivity contribution in [2.45, 2.75) is 6.42 Å². The number of benzene rings is 1. The molecule has 1 aromatic carbocycles. The molecule has 0 fully saturated rings. The summed E-state index contributed by atoms with van der Waals surface area (Å²) >= 11 is 0. The van der Waals surface area contributed by atoms with Gasteiger partial charge in [0.25, 0.3) is 0 Å². The monoisotopic (exact) mass is 247 g/mol. The molecule has 1 aliphatic rings. The summed E-state index contributed by atoms with van der Waals surface area (Å²) in [7, 11) is 3.62. The van der Waals surface area contributed by atoms with E-state index in [1.54, 1.807) is 7.11 Å². The molecule has 96 valence electrons. The Labute approximate surface area is 106 Å². The molecule has 0 radical (unpaired) electrons. The van der Waals surface area contributed by atoms with Crippen molar-refractivity contribution in [1.29, 1.82) is 0 Å². The van der Waals surface area contributed by atoms with Crippen LogP contribution in [0, 0.1) is 0 Å². The third kappa shape index (κ3) is 2.54. The molecule has 0 atom stereocenters. The molecule has 1 N–H and O–H groups in total. The van der Waals surface area contributed by atoms with Crippen LogP contribution in [0.3, 0.4) is 0 Å². The van der Waals surface area contributed by atoms with Crippen LogP contribution in [-0.4, -0.2) is 43.2 Å². The fourth-order valence-electron chi connectivity index (χ4n) is 2.19. The van der Waals surface area contributed by atoms with Crippen molar-refractivity contribution in [1.82, 2.24) is 4.90 Å². The molecule has 0 spiro atoms. The smallest absolute Gasteiger partial charge is 0.331 e. The van der Waals surface area contributed by atoms with Crippen LogP contribution in [0.25, 0.3) is 5.57 Å². The van der Waals surface area contributed by atoms with Gasteiger partial charge in [-0.25, -0.2) is 4.79 Å².